The summed E-state index contributed by atoms with van der Waals surface area (Å²) in [5.74, 6) is -0.700. The van der Waals surface area contributed by atoms with Crippen molar-refractivity contribution in [3.8, 4) is 0 Å². The van der Waals surface area contributed by atoms with Gasteiger partial charge in [-0.1, -0.05) is 53.7 Å². The SMILES string of the molecule is C=C(C)C(=O)OC1(C(C)CCOC2CCCCC2(OC(=O)C(=C)C)C(C)(C)C)CCCCC1OC. The molecule has 0 saturated heterocycles. The van der Waals surface area contributed by atoms with E-state index in [-0.39, 0.29) is 35.5 Å². The minimum Gasteiger partial charge on any atom is -0.453 e. The van der Waals surface area contributed by atoms with Crippen molar-refractivity contribution in [1.29, 1.82) is 0 Å². The lowest BCUT2D eigenvalue weighted by Crippen LogP contribution is -2.58. The fourth-order valence-electron chi connectivity index (χ4n) is 5.84. The molecular formula is C29H48O6. The van der Waals surface area contributed by atoms with Crippen LogP contribution in [0.3, 0.4) is 0 Å². The number of hydrogen-bond acceptors (Lipinski definition) is 6. The molecule has 200 valence electrons. The first kappa shape index (κ1) is 29.6. The summed E-state index contributed by atoms with van der Waals surface area (Å²) < 4.78 is 24.7. The first-order chi connectivity index (χ1) is 16.3. The average Bonchev–Trinajstić information content (AvgIpc) is 2.79. The Morgan fingerprint density at radius 3 is 2.00 bits per heavy atom. The van der Waals surface area contributed by atoms with Crippen LogP contribution in [0, 0.1) is 11.3 Å². The highest BCUT2D eigenvalue weighted by Gasteiger charge is 2.54. The molecule has 0 spiro atoms. The molecule has 35 heavy (non-hydrogen) atoms. The Morgan fingerprint density at radius 2 is 1.46 bits per heavy atom. The molecule has 5 atom stereocenters. The van der Waals surface area contributed by atoms with Gasteiger partial charge in [-0.2, -0.15) is 0 Å². The standard InChI is InChI=1S/C29H48O6/c1-20(2)25(30)34-28(17-12-10-14-23(28)32-9)22(5)16-19-33-24-15-11-13-18-29(24,27(6,7)8)35-26(31)21(3)4/h22-24H,1,3,10-19H2,2,4-9H3. The topological polar surface area (TPSA) is 71.1 Å². The molecule has 0 N–H and O–H groups in total. The molecule has 2 saturated carbocycles. The molecule has 2 aliphatic carbocycles. The van der Waals surface area contributed by atoms with E-state index in [4.69, 9.17) is 18.9 Å². The first-order valence-electron chi connectivity index (χ1n) is 13.2. The third kappa shape index (κ3) is 6.56. The van der Waals surface area contributed by atoms with Crippen molar-refractivity contribution < 1.29 is 28.5 Å². The molecule has 2 fully saturated rings. The Hall–Kier alpha value is -1.66. The highest BCUT2D eigenvalue weighted by atomic mass is 16.6. The van der Waals surface area contributed by atoms with Crippen molar-refractivity contribution in [3.05, 3.63) is 24.3 Å². The summed E-state index contributed by atoms with van der Waals surface area (Å²) in [6.45, 7) is 19.8. The van der Waals surface area contributed by atoms with Crippen LogP contribution < -0.4 is 0 Å². The van der Waals surface area contributed by atoms with Gasteiger partial charge in [0.05, 0.1) is 12.2 Å². The van der Waals surface area contributed by atoms with Crippen LogP contribution >= 0.6 is 0 Å². The quantitative estimate of drug-likeness (QED) is 0.262. The molecule has 5 unspecified atom stereocenters. The summed E-state index contributed by atoms with van der Waals surface area (Å²) >= 11 is 0. The van der Waals surface area contributed by atoms with E-state index >= 15 is 0 Å². The Kier molecular flexibility index (Phi) is 10.2. The third-order valence-corrected chi connectivity index (χ3v) is 8.13. The van der Waals surface area contributed by atoms with E-state index in [1.807, 2.05) is 0 Å². The Morgan fingerprint density at radius 1 is 0.914 bits per heavy atom. The van der Waals surface area contributed by atoms with Gasteiger partial charge in [0.25, 0.3) is 0 Å². The van der Waals surface area contributed by atoms with Crippen molar-refractivity contribution in [2.45, 2.75) is 123 Å². The van der Waals surface area contributed by atoms with Gasteiger partial charge in [0.15, 0.2) is 0 Å². The molecule has 0 aromatic heterocycles. The van der Waals surface area contributed by atoms with Gasteiger partial charge in [0, 0.05) is 36.2 Å². The van der Waals surface area contributed by atoms with Gasteiger partial charge in [-0.3, -0.25) is 0 Å². The van der Waals surface area contributed by atoms with E-state index in [9.17, 15) is 9.59 Å². The van der Waals surface area contributed by atoms with Gasteiger partial charge in [-0.05, 0) is 58.8 Å². The Labute approximate surface area is 212 Å². The molecule has 0 aliphatic heterocycles. The smallest absolute Gasteiger partial charge is 0.333 e. The zero-order chi connectivity index (χ0) is 26.4. The van der Waals surface area contributed by atoms with E-state index in [0.717, 1.165) is 51.4 Å². The van der Waals surface area contributed by atoms with Crippen molar-refractivity contribution in [2.75, 3.05) is 13.7 Å². The molecule has 0 radical (unpaired) electrons. The molecule has 0 amide bonds. The van der Waals surface area contributed by atoms with Crippen LogP contribution in [0.5, 0.6) is 0 Å². The molecular weight excluding hydrogens is 444 g/mol. The molecule has 0 aromatic rings. The van der Waals surface area contributed by atoms with Crippen molar-refractivity contribution in [3.63, 3.8) is 0 Å². The molecule has 2 rings (SSSR count). The Bertz CT molecular complexity index is 781. The number of hydrogen-bond donors (Lipinski definition) is 0. The molecule has 2 aliphatic rings. The lowest BCUT2D eigenvalue weighted by Gasteiger charge is -2.51. The first-order valence-corrected chi connectivity index (χ1v) is 13.2. The van der Waals surface area contributed by atoms with Crippen LogP contribution in [0.25, 0.3) is 0 Å². The fraction of sp³-hybridized carbons (Fsp3) is 0.793. The van der Waals surface area contributed by atoms with Crippen LogP contribution in [-0.4, -0.2) is 49.1 Å². The van der Waals surface area contributed by atoms with E-state index in [1.165, 1.54) is 0 Å². The van der Waals surface area contributed by atoms with Crippen molar-refractivity contribution in [1.82, 2.24) is 0 Å². The van der Waals surface area contributed by atoms with Crippen LogP contribution in [0.2, 0.25) is 0 Å². The highest BCUT2D eigenvalue weighted by Crippen LogP contribution is 2.47. The van der Waals surface area contributed by atoms with Gasteiger partial charge >= 0.3 is 11.9 Å². The number of rotatable bonds is 10. The predicted molar refractivity (Wildman–Crippen MR) is 138 cm³/mol. The van der Waals surface area contributed by atoms with Crippen molar-refractivity contribution >= 4 is 11.9 Å². The number of methoxy groups -OCH3 is 1. The molecule has 0 aromatic carbocycles. The second kappa shape index (κ2) is 12.1. The Balaban J connectivity index is 2.20. The average molecular weight is 493 g/mol. The summed E-state index contributed by atoms with van der Waals surface area (Å²) in [6, 6.07) is 0. The maximum absolute atomic E-state index is 12.6. The number of ether oxygens (including phenoxy) is 4. The van der Waals surface area contributed by atoms with Gasteiger partial charge < -0.3 is 18.9 Å². The van der Waals surface area contributed by atoms with Gasteiger partial charge in [0.1, 0.15) is 11.2 Å². The van der Waals surface area contributed by atoms with Gasteiger partial charge in [0.2, 0.25) is 0 Å². The maximum Gasteiger partial charge on any atom is 0.333 e. The fourth-order valence-corrected chi connectivity index (χ4v) is 5.84. The summed E-state index contributed by atoms with van der Waals surface area (Å²) in [6.07, 6.45) is 7.64. The lowest BCUT2D eigenvalue weighted by atomic mass is 9.66. The van der Waals surface area contributed by atoms with E-state index in [0.29, 0.717) is 24.2 Å². The van der Waals surface area contributed by atoms with Crippen molar-refractivity contribution in [2.24, 2.45) is 11.3 Å². The minimum atomic E-state index is -0.714. The summed E-state index contributed by atoms with van der Waals surface area (Å²) in [4.78, 5) is 25.2. The van der Waals surface area contributed by atoms with Crippen LogP contribution in [0.15, 0.2) is 24.3 Å². The third-order valence-electron chi connectivity index (χ3n) is 8.13. The van der Waals surface area contributed by atoms with Gasteiger partial charge in [-0.15, -0.1) is 0 Å². The van der Waals surface area contributed by atoms with Crippen LogP contribution in [0.1, 0.15) is 99.3 Å². The van der Waals surface area contributed by atoms with E-state index < -0.39 is 11.2 Å². The van der Waals surface area contributed by atoms with E-state index in [1.54, 1.807) is 21.0 Å². The number of carbonyl (C=O) groups excluding carboxylic acids is 2. The molecule has 6 nitrogen and oxygen atoms in total. The molecule has 0 bridgehead atoms. The van der Waals surface area contributed by atoms with Crippen LogP contribution in [0.4, 0.5) is 0 Å². The summed E-state index contributed by atoms with van der Waals surface area (Å²) in [7, 11) is 1.69. The maximum atomic E-state index is 12.6. The minimum absolute atomic E-state index is 0.0293. The largest absolute Gasteiger partial charge is 0.453 e. The summed E-state index contributed by atoms with van der Waals surface area (Å²) in [5.41, 5.74) is -0.918. The second-order valence-corrected chi connectivity index (χ2v) is 11.7. The second-order valence-electron chi connectivity index (χ2n) is 11.7. The zero-order valence-electron chi connectivity index (χ0n) is 23.2. The predicted octanol–water partition coefficient (Wildman–Crippen LogP) is 6.32. The number of esters is 2. The molecule has 0 heterocycles. The van der Waals surface area contributed by atoms with Crippen LogP contribution in [-0.2, 0) is 28.5 Å². The lowest BCUT2D eigenvalue weighted by molar-refractivity contribution is -0.216. The monoisotopic (exact) mass is 492 g/mol. The molecule has 6 heteroatoms. The van der Waals surface area contributed by atoms with E-state index in [2.05, 4.69) is 40.9 Å². The van der Waals surface area contributed by atoms with Gasteiger partial charge in [-0.25, -0.2) is 9.59 Å². The number of carbonyl (C=O) groups is 2. The zero-order valence-corrected chi connectivity index (χ0v) is 23.2. The highest BCUT2D eigenvalue weighted by molar-refractivity contribution is 5.87. The normalized spacial score (nSPS) is 30.3. The summed E-state index contributed by atoms with van der Waals surface area (Å²) in [5, 5.41) is 0.